The number of aromatic nitrogens is 1. The van der Waals surface area contributed by atoms with E-state index in [-0.39, 0.29) is 5.75 Å². The molecular weight excluding hydrogens is 304 g/mol. The summed E-state index contributed by atoms with van der Waals surface area (Å²) in [6, 6.07) is 4.98. The maximum Gasteiger partial charge on any atom is 0.211 e. The first-order chi connectivity index (χ1) is 11.7. The Morgan fingerprint density at radius 1 is 1.17 bits per heavy atom. The number of benzene rings is 1. The molecule has 1 aromatic heterocycles. The number of unbranched alkanes of at least 4 members (excludes halogenated alkanes) is 6. The molecular formula is C19H26N2O3. The van der Waals surface area contributed by atoms with Crippen molar-refractivity contribution in [3.05, 3.63) is 30.3 Å². The third-order valence-corrected chi connectivity index (χ3v) is 4.04. The highest BCUT2D eigenvalue weighted by atomic mass is 16.4. The van der Waals surface area contributed by atoms with Crippen LogP contribution in [0.2, 0.25) is 0 Å². The molecule has 0 aliphatic heterocycles. The Morgan fingerprint density at radius 3 is 2.62 bits per heavy atom. The molecule has 0 radical (unpaired) electrons. The van der Waals surface area contributed by atoms with E-state index >= 15 is 0 Å². The van der Waals surface area contributed by atoms with Crippen LogP contribution in [-0.4, -0.2) is 16.5 Å². The molecule has 0 saturated carbocycles. The van der Waals surface area contributed by atoms with Gasteiger partial charge in [-0.05, 0) is 24.6 Å². The molecule has 5 nitrogen and oxygen atoms in total. The van der Waals surface area contributed by atoms with Crippen molar-refractivity contribution in [1.29, 1.82) is 0 Å². The van der Waals surface area contributed by atoms with Gasteiger partial charge in [-0.25, -0.2) is 4.98 Å². The number of hydrogen-bond acceptors (Lipinski definition) is 4. The van der Waals surface area contributed by atoms with Gasteiger partial charge in [0.1, 0.15) is 5.75 Å². The molecule has 0 aliphatic rings. The molecule has 0 atom stereocenters. The average Bonchev–Trinajstić information content (AvgIpc) is 3.05. The quantitative estimate of drug-likeness (QED) is 0.349. The van der Waals surface area contributed by atoms with Crippen molar-refractivity contribution in [2.75, 3.05) is 5.32 Å². The van der Waals surface area contributed by atoms with Gasteiger partial charge < -0.3 is 14.8 Å². The van der Waals surface area contributed by atoms with E-state index in [1.807, 2.05) is 0 Å². The van der Waals surface area contributed by atoms with Crippen molar-refractivity contribution >= 4 is 12.1 Å². The number of nitrogens with one attached hydrogen (secondary N) is 1. The van der Waals surface area contributed by atoms with E-state index in [9.17, 15) is 9.90 Å². The zero-order valence-corrected chi connectivity index (χ0v) is 14.3. The normalized spacial score (nSPS) is 10.7. The first-order valence-corrected chi connectivity index (χ1v) is 8.73. The lowest BCUT2D eigenvalue weighted by atomic mass is 10.1. The molecule has 2 rings (SSSR count). The number of carbonyl (C=O) groups excluding carboxylic acids is 1. The maximum atomic E-state index is 10.4. The highest BCUT2D eigenvalue weighted by molar-refractivity contribution is 5.77. The SMILES string of the molecule is CCCCCCCCCc1ncc(-c2ccc(NC=O)c(O)c2)o1. The lowest BCUT2D eigenvalue weighted by Gasteiger charge is -2.04. The lowest BCUT2D eigenvalue weighted by molar-refractivity contribution is -0.105. The van der Waals surface area contributed by atoms with Crippen LogP contribution in [0.1, 0.15) is 57.8 Å². The Kier molecular flexibility index (Phi) is 7.33. The van der Waals surface area contributed by atoms with Crippen LogP contribution in [-0.2, 0) is 11.2 Å². The minimum absolute atomic E-state index is 0.00429. The molecule has 130 valence electrons. The van der Waals surface area contributed by atoms with Gasteiger partial charge in [0.25, 0.3) is 0 Å². The zero-order chi connectivity index (χ0) is 17.2. The molecule has 0 unspecified atom stereocenters. The van der Waals surface area contributed by atoms with Gasteiger partial charge in [-0.3, -0.25) is 4.79 Å². The van der Waals surface area contributed by atoms with Crippen molar-refractivity contribution < 1.29 is 14.3 Å². The molecule has 0 aliphatic carbocycles. The molecule has 5 heteroatoms. The summed E-state index contributed by atoms with van der Waals surface area (Å²) in [6.07, 6.45) is 11.9. The molecule has 1 amide bonds. The van der Waals surface area contributed by atoms with Crippen molar-refractivity contribution in [3.63, 3.8) is 0 Å². The standard InChI is InChI=1S/C19H26N2O3/c1-2-3-4-5-6-7-8-9-19-20-13-18(24-19)15-10-11-16(21-14-22)17(23)12-15/h10-14,23H,2-9H2,1H3,(H,21,22). The number of aromatic hydroxyl groups is 1. The Balaban J connectivity index is 1.82. The number of anilines is 1. The van der Waals surface area contributed by atoms with Crippen LogP contribution in [0.25, 0.3) is 11.3 Å². The number of phenolic OH excluding ortho intramolecular Hbond substituents is 1. The molecule has 0 fully saturated rings. The van der Waals surface area contributed by atoms with Gasteiger partial charge in [-0.15, -0.1) is 0 Å². The number of rotatable bonds is 11. The summed E-state index contributed by atoms with van der Waals surface area (Å²) >= 11 is 0. The predicted molar refractivity (Wildman–Crippen MR) is 95.0 cm³/mol. The van der Waals surface area contributed by atoms with Crippen LogP contribution in [0, 0.1) is 0 Å². The number of nitrogens with zero attached hydrogens (tertiary/aromatic N) is 1. The van der Waals surface area contributed by atoms with Crippen LogP contribution in [0.4, 0.5) is 5.69 Å². The number of amides is 1. The van der Waals surface area contributed by atoms with Gasteiger partial charge >= 0.3 is 0 Å². The van der Waals surface area contributed by atoms with Crippen LogP contribution >= 0.6 is 0 Å². The number of phenols is 1. The maximum absolute atomic E-state index is 10.4. The summed E-state index contributed by atoms with van der Waals surface area (Å²) in [5, 5.41) is 12.3. The van der Waals surface area contributed by atoms with Crippen molar-refractivity contribution in [3.8, 4) is 17.1 Å². The van der Waals surface area contributed by atoms with E-state index in [0.717, 1.165) is 24.3 Å². The van der Waals surface area contributed by atoms with Crippen LogP contribution in [0.5, 0.6) is 5.75 Å². The second-order valence-corrected chi connectivity index (χ2v) is 5.98. The highest BCUT2D eigenvalue weighted by Gasteiger charge is 2.09. The fourth-order valence-corrected chi connectivity index (χ4v) is 2.66. The molecule has 24 heavy (non-hydrogen) atoms. The van der Waals surface area contributed by atoms with E-state index in [4.69, 9.17) is 4.42 Å². The van der Waals surface area contributed by atoms with Gasteiger partial charge in [-0.1, -0.05) is 45.4 Å². The summed E-state index contributed by atoms with van der Waals surface area (Å²) in [6.45, 7) is 2.23. The number of oxazole rings is 1. The first-order valence-electron chi connectivity index (χ1n) is 8.73. The Morgan fingerprint density at radius 2 is 1.92 bits per heavy atom. The minimum atomic E-state index is 0.00429. The number of hydrogen-bond donors (Lipinski definition) is 2. The second kappa shape index (κ2) is 9.75. The van der Waals surface area contributed by atoms with Crippen molar-refractivity contribution in [2.45, 2.75) is 58.3 Å². The molecule has 0 saturated heterocycles. The van der Waals surface area contributed by atoms with Crippen LogP contribution in [0.3, 0.4) is 0 Å². The molecule has 2 N–H and O–H groups in total. The summed E-state index contributed by atoms with van der Waals surface area (Å²) in [5.41, 5.74) is 1.11. The van der Waals surface area contributed by atoms with E-state index in [0.29, 0.717) is 17.9 Å². The zero-order valence-electron chi connectivity index (χ0n) is 14.3. The largest absolute Gasteiger partial charge is 0.506 e. The van der Waals surface area contributed by atoms with Crippen molar-refractivity contribution in [1.82, 2.24) is 4.98 Å². The fraction of sp³-hybridized carbons (Fsp3) is 0.474. The van der Waals surface area contributed by atoms with E-state index < -0.39 is 0 Å². The third-order valence-electron chi connectivity index (χ3n) is 4.04. The summed E-state index contributed by atoms with van der Waals surface area (Å²) in [4.78, 5) is 14.7. The topological polar surface area (TPSA) is 75.4 Å². The molecule has 1 heterocycles. The van der Waals surface area contributed by atoms with Crippen LogP contribution in [0.15, 0.2) is 28.8 Å². The third kappa shape index (κ3) is 5.41. The fourth-order valence-electron chi connectivity index (χ4n) is 2.66. The predicted octanol–water partition coefficient (Wildman–Crippen LogP) is 4.91. The van der Waals surface area contributed by atoms with E-state index in [1.165, 1.54) is 38.5 Å². The van der Waals surface area contributed by atoms with Gasteiger partial charge in [-0.2, -0.15) is 0 Å². The van der Waals surface area contributed by atoms with Gasteiger partial charge in [0.2, 0.25) is 6.41 Å². The number of carbonyl (C=O) groups is 1. The Bertz CT molecular complexity index is 637. The molecule has 0 bridgehead atoms. The monoisotopic (exact) mass is 330 g/mol. The van der Waals surface area contributed by atoms with Crippen LogP contribution < -0.4 is 5.32 Å². The van der Waals surface area contributed by atoms with Gasteiger partial charge in [0, 0.05) is 12.0 Å². The van der Waals surface area contributed by atoms with E-state index in [2.05, 4.69) is 17.2 Å². The molecule has 1 aromatic carbocycles. The van der Waals surface area contributed by atoms with Crippen molar-refractivity contribution in [2.24, 2.45) is 0 Å². The smallest absolute Gasteiger partial charge is 0.211 e. The average molecular weight is 330 g/mol. The minimum Gasteiger partial charge on any atom is -0.506 e. The summed E-state index contributed by atoms with van der Waals surface area (Å²) < 4.78 is 5.76. The number of aryl methyl sites for hydroxylation is 1. The van der Waals surface area contributed by atoms with Gasteiger partial charge in [0.05, 0.1) is 11.9 Å². The summed E-state index contributed by atoms with van der Waals surface area (Å²) in [5.74, 6) is 1.36. The lowest BCUT2D eigenvalue weighted by Crippen LogP contribution is -1.93. The highest BCUT2D eigenvalue weighted by Crippen LogP contribution is 2.30. The Labute approximate surface area is 143 Å². The molecule has 2 aromatic rings. The summed E-state index contributed by atoms with van der Waals surface area (Å²) in [7, 11) is 0. The van der Waals surface area contributed by atoms with Gasteiger partial charge in [0.15, 0.2) is 11.7 Å². The van der Waals surface area contributed by atoms with E-state index in [1.54, 1.807) is 24.4 Å². The second-order valence-electron chi connectivity index (χ2n) is 5.98. The first kappa shape index (κ1) is 18.0. The Hall–Kier alpha value is -2.30. The molecule has 0 spiro atoms.